The van der Waals surface area contributed by atoms with E-state index in [1.165, 1.54) is 11.1 Å². The van der Waals surface area contributed by atoms with E-state index >= 15 is 0 Å². The molecule has 2 aromatic carbocycles. The number of aromatic nitrogens is 3. The summed E-state index contributed by atoms with van der Waals surface area (Å²) in [6.07, 6.45) is 2.67. The summed E-state index contributed by atoms with van der Waals surface area (Å²) in [4.78, 5) is 54.0. The van der Waals surface area contributed by atoms with Crippen molar-refractivity contribution < 1.29 is 19.2 Å². The predicted molar refractivity (Wildman–Crippen MR) is 149 cm³/mol. The van der Waals surface area contributed by atoms with Gasteiger partial charge in [0.15, 0.2) is 0 Å². The van der Waals surface area contributed by atoms with E-state index < -0.39 is 23.9 Å². The van der Waals surface area contributed by atoms with Crippen LogP contribution in [-0.2, 0) is 38.6 Å². The lowest BCUT2D eigenvalue weighted by atomic mass is 9.98. The van der Waals surface area contributed by atoms with Crippen LogP contribution in [0.4, 0.5) is 5.69 Å². The van der Waals surface area contributed by atoms with Crippen molar-refractivity contribution in [1.29, 1.82) is 0 Å². The number of fused-ring (bicyclic) bond motifs is 1. The van der Waals surface area contributed by atoms with Gasteiger partial charge in [0.2, 0.25) is 23.6 Å². The van der Waals surface area contributed by atoms with E-state index in [1.807, 2.05) is 69.3 Å². The van der Waals surface area contributed by atoms with Crippen molar-refractivity contribution in [3.05, 3.63) is 77.1 Å². The highest BCUT2D eigenvalue weighted by atomic mass is 16.2. The summed E-state index contributed by atoms with van der Waals surface area (Å²) in [7, 11) is 0. The van der Waals surface area contributed by atoms with E-state index in [0.717, 1.165) is 16.7 Å². The van der Waals surface area contributed by atoms with Crippen molar-refractivity contribution in [2.45, 2.75) is 58.7 Å². The summed E-state index contributed by atoms with van der Waals surface area (Å²) in [5.74, 6) is -1.62. The molecule has 4 rings (SSSR count). The highest BCUT2D eigenvalue weighted by molar-refractivity contribution is 6.05. The van der Waals surface area contributed by atoms with Gasteiger partial charge in [-0.25, -0.2) is 0 Å². The second kappa shape index (κ2) is 13.0. The highest BCUT2D eigenvalue weighted by Gasteiger charge is 2.38. The zero-order valence-corrected chi connectivity index (χ0v) is 22.9. The number of carbonyl (C=O) groups is 4. The first-order valence-electron chi connectivity index (χ1n) is 13.4. The number of nitrogens with one attached hydrogen (secondary N) is 4. The Morgan fingerprint density at radius 1 is 1.10 bits per heavy atom. The Labute approximate surface area is 233 Å². The molecule has 1 aromatic heterocycles. The first-order valence-corrected chi connectivity index (χ1v) is 13.4. The molecule has 0 saturated heterocycles. The maximum absolute atomic E-state index is 13.5. The average Bonchev–Trinajstić information content (AvgIpc) is 3.61. The molecule has 1 aliphatic heterocycles. The Morgan fingerprint density at radius 3 is 2.58 bits per heavy atom. The van der Waals surface area contributed by atoms with Crippen LogP contribution in [-0.4, -0.2) is 57.7 Å². The van der Waals surface area contributed by atoms with Crippen LogP contribution in [0.1, 0.15) is 42.7 Å². The second-order valence-corrected chi connectivity index (χ2v) is 10.1. The molecule has 0 radical (unpaired) electrons. The predicted octanol–water partition coefficient (Wildman–Crippen LogP) is 1.58. The van der Waals surface area contributed by atoms with E-state index in [9.17, 15) is 19.2 Å². The molecule has 40 heavy (non-hydrogen) atoms. The minimum absolute atomic E-state index is 0.148. The number of anilines is 1. The van der Waals surface area contributed by atoms with Crippen LogP contribution >= 0.6 is 0 Å². The third-order valence-electron chi connectivity index (χ3n) is 7.13. The molecule has 1 unspecified atom stereocenters. The smallest absolute Gasteiger partial charge is 0.247 e. The van der Waals surface area contributed by atoms with Crippen molar-refractivity contribution >= 4 is 29.3 Å². The molecule has 11 nitrogen and oxygen atoms in total. The van der Waals surface area contributed by atoms with E-state index in [0.29, 0.717) is 24.2 Å². The largest absolute Gasteiger partial charge is 0.348 e. The first kappa shape index (κ1) is 28.5. The number of carbonyl (C=O) groups excluding carboxylic acids is 4. The number of aromatic amines is 1. The molecule has 3 aromatic rings. The Kier molecular flexibility index (Phi) is 9.26. The molecule has 11 heteroatoms. The summed E-state index contributed by atoms with van der Waals surface area (Å²) >= 11 is 0. The number of nitrogens with zero attached hydrogens (tertiary/aromatic N) is 3. The number of hydrogen-bond donors (Lipinski definition) is 4. The van der Waals surface area contributed by atoms with Gasteiger partial charge < -0.3 is 16.0 Å². The molecular formula is C29H35N7O4. The van der Waals surface area contributed by atoms with Crippen LogP contribution in [0.3, 0.4) is 0 Å². The monoisotopic (exact) mass is 545 g/mol. The maximum atomic E-state index is 13.5. The van der Waals surface area contributed by atoms with Gasteiger partial charge in [0.05, 0.1) is 25.7 Å². The van der Waals surface area contributed by atoms with Crippen LogP contribution < -0.4 is 20.9 Å². The summed E-state index contributed by atoms with van der Waals surface area (Å²) < 4.78 is 0. The Hall–Kier alpha value is -4.54. The van der Waals surface area contributed by atoms with Gasteiger partial charge in [0.1, 0.15) is 17.8 Å². The van der Waals surface area contributed by atoms with Gasteiger partial charge in [-0.05, 0) is 30.0 Å². The Balaban J connectivity index is 1.43. The molecular weight excluding hydrogens is 510 g/mol. The third kappa shape index (κ3) is 6.90. The lowest BCUT2D eigenvalue weighted by molar-refractivity contribution is -0.131. The van der Waals surface area contributed by atoms with Gasteiger partial charge in [-0.15, -0.1) is 0 Å². The maximum Gasteiger partial charge on any atom is 0.247 e. The molecule has 0 spiro atoms. The van der Waals surface area contributed by atoms with Gasteiger partial charge in [-0.3, -0.25) is 24.1 Å². The zero-order valence-electron chi connectivity index (χ0n) is 22.9. The molecule has 0 fully saturated rings. The van der Waals surface area contributed by atoms with Crippen molar-refractivity contribution in [3.63, 3.8) is 0 Å². The summed E-state index contributed by atoms with van der Waals surface area (Å²) in [5.41, 5.74) is 3.95. The fourth-order valence-electron chi connectivity index (χ4n) is 4.77. The quantitative estimate of drug-likeness (QED) is 0.287. The van der Waals surface area contributed by atoms with E-state index in [-0.39, 0.29) is 37.2 Å². The Bertz CT molecular complexity index is 1340. The van der Waals surface area contributed by atoms with Crippen molar-refractivity contribution in [2.75, 3.05) is 11.4 Å². The molecule has 0 saturated carbocycles. The van der Waals surface area contributed by atoms with Crippen molar-refractivity contribution in [2.24, 2.45) is 5.92 Å². The van der Waals surface area contributed by atoms with Crippen LogP contribution in [0.5, 0.6) is 0 Å². The van der Waals surface area contributed by atoms with E-state index in [1.54, 1.807) is 0 Å². The van der Waals surface area contributed by atoms with Gasteiger partial charge >= 0.3 is 0 Å². The van der Waals surface area contributed by atoms with Crippen molar-refractivity contribution in [1.82, 2.24) is 31.4 Å². The molecule has 2 heterocycles. The minimum Gasteiger partial charge on any atom is -0.348 e. The first-order chi connectivity index (χ1) is 19.3. The molecule has 4 N–H and O–H groups in total. The fraction of sp³-hybridized carbons (Fsp3) is 0.379. The minimum atomic E-state index is -0.802. The lowest BCUT2D eigenvalue weighted by Gasteiger charge is -2.27. The summed E-state index contributed by atoms with van der Waals surface area (Å²) in [6, 6.07) is 13.4. The van der Waals surface area contributed by atoms with Crippen LogP contribution in [0.25, 0.3) is 0 Å². The van der Waals surface area contributed by atoms with Gasteiger partial charge in [-0.1, -0.05) is 68.3 Å². The molecule has 4 amide bonds. The molecule has 0 bridgehead atoms. The van der Waals surface area contributed by atoms with Gasteiger partial charge in [-0.2, -0.15) is 15.4 Å². The molecule has 3 atom stereocenters. The van der Waals surface area contributed by atoms with Gasteiger partial charge in [0, 0.05) is 12.1 Å². The highest BCUT2D eigenvalue weighted by Crippen LogP contribution is 2.33. The number of amides is 4. The number of aryl methyl sites for hydroxylation is 1. The molecule has 210 valence electrons. The number of benzene rings is 2. The second-order valence-electron chi connectivity index (χ2n) is 10.1. The lowest BCUT2D eigenvalue weighted by Crippen LogP contribution is -2.54. The van der Waals surface area contributed by atoms with Crippen molar-refractivity contribution in [3.8, 4) is 0 Å². The molecule has 0 aliphatic carbocycles. The SMILES string of the molecule is CC[C@H](C)[C@H](NC(=O)Cc1ccccc1)C(=O)NCC(=O)N1c2ccc(C)cc2CC1C(=O)NCc1cn[nH]n1. The fourth-order valence-corrected chi connectivity index (χ4v) is 4.77. The van der Waals surface area contributed by atoms with Gasteiger partial charge in [0.25, 0.3) is 0 Å². The normalized spacial score (nSPS) is 15.6. The van der Waals surface area contributed by atoms with E-state index in [2.05, 4.69) is 31.4 Å². The number of hydrogen-bond acceptors (Lipinski definition) is 6. The number of rotatable bonds is 11. The van der Waals surface area contributed by atoms with E-state index in [4.69, 9.17) is 0 Å². The summed E-state index contributed by atoms with van der Waals surface area (Å²) in [6.45, 7) is 5.61. The number of H-pyrrole nitrogens is 1. The average molecular weight is 546 g/mol. The third-order valence-corrected chi connectivity index (χ3v) is 7.13. The topological polar surface area (TPSA) is 149 Å². The van der Waals surface area contributed by atoms with Crippen LogP contribution in [0, 0.1) is 12.8 Å². The zero-order chi connectivity index (χ0) is 28.6. The Morgan fingerprint density at radius 2 is 1.88 bits per heavy atom. The van der Waals surface area contributed by atoms with Crippen LogP contribution in [0.2, 0.25) is 0 Å². The summed E-state index contributed by atoms with van der Waals surface area (Å²) in [5, 5.41) is 18.5. The standard InChI is InChI=1S/C29H35N7O4/c1-4-19(3)27(33-25(37)13-20-8-6-5-7-9-20)29(40)31-17-26(38)36-23-11-10-18(2)12-21(23)14-24(36)28(39)30-15-22-16-32-35-34-22/h5-12,16,19,24,27H,4,13-15,17H2,1-3H3,(H,30,39)(H,31,40)(H,33,37)(H,32,34,35)/t19-,24?,27-/m0/s1. The van der Waals surface area contributed by atoms with Crippen LogP contribution in [0.15, 0.2) is 54.7 Å². The molecule has 1 aliphatic rings.